The topological polar surface area (TPSA) is 55.6 Å². The van der Waals surface area contributed by atoms with Crippen LogP contribution in [0.3, 0.4) is 0 Å². The van der Waals surface area contributed by atoms with Gasteiger partial charge >= 0.3 is 0 Å². The van der Waals surface area contributed by atoms with Crippen LogP contribution in [0, 0.1) is 10.1 Å². The molecule has 0 saturated heterocycles. The second-order valence-electron chi connectivity index (χ2n) is 3.71. The van der Waals surface area contributed by atoms with Gasteiger partial charge in [0.1, 0.15) is 5.75 Å². The molecular formula is C12H19ClN2O3. The van der Waals surface area contributed by atoms with Gasteiger partial charge < -0.3 is 4.74 Å². The van der Waals surface area contributed by atoms with Crippen LogP contribution in [0.15, 0.2) is 18.2 Å². The maximum absolute atomic E-state index is 10.7. The highest BCUT2D eigenvalue weighted by molar-refractivity contribution is 5.85. The molecule has 0 radical (unpaired) electrons. The Morgan fingerprint density at radius 1 is 1.33 bits per heavy atom. The smallest absolute Gasteiger partial charge is 0.270 e. The van der Waals surface area contributed by atoms with Gasteiger partial charge in [-0.25, -0.2) is 0 Å². The van der Waals surface area contributed by atoms with Crippen LogP contribution in [0.4, 0.5) is 5.69 Å². The van der Waals surface area contributed by atoms with Crippen LogP contribution in [0.1, 0.15) is 19.4 Å². The van der Waals surface area contributed by atoms with Gasteiger partial charge in [0.15, 0.2) is 0 Å². The largest absolute Gasteiger partial charge is 0.496 e. The molecule has 0 saturated carbocycles. The SMILES string of the molecule is CCN(CC)Cc1cc([N+](=O)[O-])ccc1OC.Cl. The van der Waals surface area contributed by atoms with E-state index < -0.39 is 0 Å². The lowest BCUT2D eigenvalue weighted by molar-refractivity contribution is -0.384. The number of methoxy groups -OCH3 is 1. The third-order valence-electron chi connectivity index (χ3n) is 2.76. The van der Waals surface area contributed by atoms with Gasteiger partial charge in [-0.15, -0.1) is 12.4 Å². The van der Waals surface area contributed by atoms with Gasteiger partial charge in [-0.05, 0) is 19.2 Å². The molecular weight excluding hydrogens is 256 g/mol. The average Bonchev–Trinajstić information content (AvgIpc) is 2.35. The zero-order valence-corrected chi connectivity index (χ0v) is 11.7. The Bertz CT molecular complexity index is 395. The normalized spacial score (nSPS) is 10.0. The molecule has 0 amide bonds. The van der Waals surface area contributed by atoms with E-state index in [1.165, 1.54) is 6.07 Å². The Balaban J connectivity index is 0.00000289. The number of halogens is 1. The molecule has 6 heteroatoms. The van der Waals surface area contributed by atoms with Gasteiger partial charge in [0, 0.05) is 24.2 Å². The number of non-ortho nitro benzene ring substituents is 1. The molecule has 0 fully saturated rings. The summed E-state index contributed by atoms with van der Waals surface area (Å²) in [6.07, 6.45) is 0. The standard InChI is InChI=1S/C12H18N2O3.ClH/c1-4-13(5-2)9-10-8-11(14(15)16)6-7-12(10)17-3;/h6-8H,4-5,9H2,1-3H3;1H. The summed E-state index contributed by atoms with van der Waals surface area (Å²) in [6.45, 7) is 6.60. The summed E-state index contributed by atoms with van der Waals surface area (Å²) in [6, 6.07) is 4.69. The quantitative estimate of drug-likeness (QED) is 0.591. The zero-order valence-electron chi connectivity index (χ0n) is 10.9. The first-order chi connectivity index (χ1) is 8.12. The number of nitro groups is 1. The molecule has 1 rings (SSSR count). The minimum Gasteiger partial charge on any atom is -0.496 e. The second-order valence-corrected chi connectivity index (χ2v) is 3.71. The summed E-state index contributed by atoms with van der Waals surface area (Å²) < 4.78 is 5.22. The van der Waals surface area contributed by atoms with Gasteiger partial charge in [0.25, 0.3) is 5.69 Å². The molecule has 0 aliphatic carbocycles. The first-order valence-corrected chi connectivity index (χ1v) is 5.66. The first-order valence-electron chi connectivity index (χ1n) is 5.66. The third kappa shape index (κ3) is 4.16. The molecule has 0 aliphatic heterocycles. The van der Waals surface area contributed by atoms with Gasteiger partial charge in [-0.3, -0.25) is 15.0 Å². The molecule has 102 valence electrons. The molecule has 0 aromatic heterocycles. The van der Waals surface area contributed by atoms with Crippen LogP contribution in [-0.2, 0) is 6.54 Å². The maximum atomic E-state index is 10.7. The first kappa shape index (κ1) is 16.7. The van der Waals surface area contributed by atoms with Gasteiger partial charge in [-0.2, -0.15) is 0 Å². The third-order valence-corrected chi connectivity index (χ3v) is 2.76. The molecule has 0 heterocycles. The van der Waals surface area contributed by atoms with E-state index in [1.807, 2.05) is 0 Å². The van der Waals surface area contributed by atoms with Crippen molar-refractivity contribution < 1.29 is 9.66 Å². The van der Waals surface area contributed by atoms with Crippen LogP contribution in [0.25, 0.3) is 0 Å². The molecule has 0 atom stereocenters. The van der Waals surface area contributed by atoms with E-state index >= 15 is 0 Å². The van der Waals surface area contributed by atoms with Crippen LogP contribution >= 0.6 is 12.4 Å². The fourth-order valence-electron chi connectivity index (χ4n) is 1.69. The predicted molar refractivity (Wildman–Crippen MR) is 73.5 cm³/mol. The number of rotatable bonds is 6. The second kappa shape index (κ2) is 7.89. The molecule has 18 heavy (non-hydrogen) atoms. The van der Waals surface area contributed by atoms with Crippen molar-refractivity contribution in [1.29, 1.82) is 0 Å². The number of ether oxygens (including phenoxy) is 1. The summed E-state index contributed by atoms with van der Waals surface area (Å²) in [5, 5.41) is 10.7. The highest BCUT2D eigenvalue weighted by atomic mass is 35.5. The van der Waals surface area contributed by atoms with E-state index in [0.29, 0.717) is 12.3 Å². The number of benzene rings is 1. The molecule has 0 aliphatic rings. The summed E-state index contributed by atoms with van der Waals surface area (Å²) in [5.74, 6) is 0.697. The van der Waals surface area contributed by atoms with Crippen LogP contribution in [-0.4, -0.2) is 30.0 Å². The van der Waals surface area contributed by atoms with E-state index in [0.717, 1.165) is 18.7 Å². The summed E-state index contributed by atoms with van der Waals surface area (Å²) >= 11 is 0. The van der Waals surface area contributed by atoms with Crippen molar-refractivity contribution >= 4 is 18.1 Å². The Labute approximate surface area is 113 Å². The van der Waals surface area contributed by atoms with Crippen LogP contribution in [0.2, 0.25) is 0 Å². The van der Waals surface area contributed by atoms with Crippen molar-refractivity contribution in [2.24, 2.45) is 0 Å². The number of nitrogens with zero attached hydrogens (tertiary/aromatic N) is 2. The zero-order chi connectivity index (χ0) is 12.8. The number of nitro benzene ring substituents is 1. The lowest BCUT2D eigenvalue weighted by Crippen LogP contribution is -2.22. The lowest BCUT2D eigenvalue weighted by Gasteiger charge is -2.19. The minimum atomic E-state index is -0.384. The van der Waals surface area contributed by atoms with E-state index in [-0.39, 0.29) is 23.0 Å². The fraction of sp³-hybridized carbons (Fsp3) is 0.500. The molecule has 1 aromatic rings. The molecule has 5 nitrogen and oxygen atoms in total. The molecule has 1 aromatic carbocycles. The van der Waals surface area contributed by atoms with Crippen molar-refractivity contribution in [2.75, 3.05) is 20.2 Å². The van der Waals surface area contributed by atoms with Crippen molar-refractivity contribution in [3.8, 4) is 5.75 Å². The summed E-state index contributed by atoms with van der Waals surface area (Å²) in [4.78, 5) is 12.5. The maximum Gasteiger partial charge on any atom is 0.270 e. The van der Waals surface area contributed by atoms with Crippen LogP contribution < -0.4 is 4.74 Å². The van der Waals surface area contributed by atoms with Crippen molar-refractivity contribution in [3.05, 3.63) is 33.9 Å². The van der Waals surface area contributed by atoms with Crippen molar-refractivity contribution in [2.45, 2.75) is 20.4 Å². The number of hydrogen-bond acceptors (Lipinski definition) is 4. The Morgan fingerprint density at radius 3 is 2.39 bits per heavy atom. The minimum absolute atomic E-state index is 0. The molecule has 0 N–H and O–H groups in total. The highest BCUT2D eigenvalue weighted by Crippen LogP contribution is 2.25. The van der Waals surface area contributed by atoms with E-state index in [4.69, 9.17) is 4.74 Å². The Morgan fingerprint density at radius 2 is 1.94 bits per heavy atom. The van der Waals surface area contributed by atoms with E-state index in [9.17, 15) is 10.1 Å². The Kier molecular flexibility index (Phi) is 7.31. The average molecular weight is 275 g/mol. The fourth-order valence-corrected chi connectivity index (χ4v) is 1.69. The molecule has 0 spiro atoms. The lowest BCUT2D eigenvalue weighted by atomic mass is 10.1. The Hall–Kier alpha value is -1.33. The van der Waals surface area contributed by atoms with Gasteiger partial charge in [-0.1, -0.05) is 13.8 Å². The monoisotopic (exact) mass is 274 g/mol. The highest BCUT2D eigenvalue weighted by Gasteiger charge is 2.13. The molecule has 0 unspecified atom stereocenters. The van der Waals surface area contributed by atoms with E-state index in [2.05, 4.69) is 18.7 Å². The predicted octanol–water partition coefficient (Wildman–Crippen LogP) is 2.87. The van der Waals surface area contributed by atoms with Crippen molar-refractivity contribution in [1.82, 2.24) is 4.90 Å². The van der Waals surface area contributed by atoms with Gasteiger partial charge in [0.05, 0.1) is 12.0 Å². The summed E-state index contributed by atoms with van der Waals surface area (Å²) in [7, 11) is 1.58. The van der Waals surface area contributed by atoms with Gasteiger partial charge in [0.2, 0.25) is 0 Å². The summed E-state index contributed by atoms with van der Waals surface area (Å²) in [5.41, 5.74) is 0.957. The van der Waals surface area contributed by atoms with E-state index in [1.54, 1.807) is 19.2 Å². The van der Waals surface area contributed by atoms with Crippen molar-refractivity contribution in [3.63, 3.8) is 0 Å². The van der Waals surface area contributed by atoms with Crippen LogP contribution in [0.5, 0.6) is 5.75 Å². The number of hydrogen-bond donors (Lipinski definition) is 0. The molecule has 0 bridgehead atoms.